The molecule has 37 heavy (non-hydrogen) atoms. The second kappa shape index (κ2) is 10.1. The quantitative estimate of drug-likeness (QED) is 0.260. The molecule has 1 aromatic carbocycles. The number of benzene rings is 1. The summed E-state index contributed by atoms with van der Waals surface area (Å²) >= 11 is 0. The summed E-state index contributed by atoms with van der Waals surface area (Å²) in [4.78, 5) is 27.5. The summed E-state index contributed by atoms with van der Waals surface area (Å²) in [6, 6.07) is 6.48. The number of ketones is 1. The van der Waals surface area contributed by atoms with Gasteiger partial charge in [0.1, 0.15) is 5.75 Å². The number of phenolic OH excluding ortho intramolecular Hbond substituents is 1. The van der Waals surface area contributed by atoms with Gasteiger partial charge in [-0.25, -0.2) is 0 Å². The first-order valence-corrected chi connectivity index (χ1v) is 13.5. The summed E-state index contributed by atoms with van der Waals surface area (Å²) < 4.78 is 0. The number of rotatable bonds is 6. The number of phenols is 1. The van der Waals surface area contributed by atoms with E-state index in [2.05, 4.69) is 58.2 Å². The first-order chi connectivity index (χ1) is 17.4. The van der Waals surface area contributed by atoms with Crippen LogP contribution in [0.1, 0.15) is 66.4 Å². The van der Waals surface area contributed by atoms with Gasteiger partial charge in [0.15, 0.2) is 11.5 Å². The second-order valence-electron chi connectivity index (χ2n) is 12.0. The van der Waals surface area contributed by atoms with Crippen molar-refractivity contribution in [1.29, 1.82) is 0 Å². The fraction of sp³-hybridized carbons (Fsp3) is 0.500. The van der Waals surface area contributed by atoms with Gasteiger partial charge >= 0.3 is 0 Å². The Kier molecular flexibility index (Phi) is 7.40. The minimum absolute atomic E-state index is 0.0579. The summed E-state index contributed by atoms with van der Waals surface area (Å²) in [5.74, 6) is -0.305. The highest BCUT2D eigenvalue weighted by atomic mass is 16.3. The lowest BCUT2D eigenvalue weighted by Gasteiger charge is -2.52. The number of Topliss-reactive ketones (excluding diaryl/α,β-unsaturated/α-hetero) is 1. The molecule has 1 aliphatic heterocycles. The molecule has 2 aliphatic carbocycles. The Labute approximate surface area is 221 Å². The number of carbonyl (C=O) groups excluding carboxylic acids is 2. The smallest absolute Gasteiger partial charge is 0.257 e. The number of nitrogens with one attached hydrogen (secondary N) is 1. The van der Waals surface area contributed by atoms with Gasteiger partial charge in [-0.3, -0.25) is 9.59 Å². The number of aromatic hydroxyl groups is 1. The molecule has 5 heteroatoms. The van der Waals surface area contributed by atoms with Crippen molar-refractivity contribution in [3.8, 4) is 5.75 Å². The van der Waals surface area contributed by atoms with E-state index in [-0.39, 0.29) is 46.7 Å². The molecule has 0 aromatic heterocycles. The van der Waals surface area contributed by atoms with Crippen LogP contribution in [0, 0.1) is 29.1 Å². The van der Waals surface area contributed by atoms with Crippen LogP contribution in [-0.4, -0.2) is 27.6 Å². The van der Waals surface area contributed by atoms with Gasteiger partial charge in [0, 0.05) is 18.3 Å². The monoisotopic (exact) mass is 503 g/mol. The van der Waals surface area contributed by atoms with E-state index < -0.39 is 11.6 Å². The van der Waals surface area contributed by atoms with Crippen LogP contribution in [-0.2, 0) is 16.0 Å². The predicted molar refractivity (Wildman–Crippen MR) is 147 cm³/mol. The number of carbonyl (C=O) groups is 2. The maximum absolute atomic E-state index is 14.3. The molecule has 0 radical (unpaired) electrons. The molecule has 1 saturated carbocycles. The molecule has 1 aromatic rings. The molecule has 1 amide bonds. The summed E-state index contributed by atoms with van der Waals surface area (Å²) in [6.07, 6.45) is 11.2. The minimum atomic E-state index is -1.65. The van der Waals surface area contributed by atoms with Crippen LogP contribution in [0.3, 0.4) is 0 Å². The zero-order chi connectivity index (χ0) is 27.1. The molecule has 3 aliphatic rings. The molecule has 0 spiro atoms. The molecular weight excluding hydrogens is 462 g/mol. The van der Waals surface area contributed by atoms with Crippen molar-refractivity contribution < 1.29 is 19.8 Å². The average molecular weight is 504 g/mol. The van der Waals surface area contributed by atoms with Crippen molar-refractivity contribution in [3.05, 3.63) is 76.4 Å². The highest BCUT2D eigenvalue weighted by Crippen LogP contribution is 2.56. The molecular formula is C32H41NO4. The third-order valence-electron chi connectivity index (χ3n) is 8.78. The molecule has 1 fully saturated rings. The highest BCUT2D eigenvalue weighted by Gasteiger charge is 2.53. The average Bonchev–Trinajstić information content (AvgIpc) is 3.12. The van der Waals surface area contributed by atoms with Gasteiger partial charge in [-0.05, 0) is 81.6 Å². The first-order valence-electron chi connectivity index (χ1n) is 13.5. The van der Waals surface area contributed by atoms with Crippen molar-refractivity contribution in [1.82, 2.24) is 5.32 Å². The van der Waals surface area contributed by atoms with Gasteiger partial charge in [-0.2, -0.15) is 0 Å². The molecule has 0 bridgehead atoms. The van der Waals surface area contributed by atoms with E-state index in [0.29, 0.717) is 5.92 Å². The Morgan fingerprint density at radius 2 is 1.84 bits per heavy atom. The van der Waals surface area contributed by atoms with Gasteiger partial charge in [0.2, 0.25) is 0 Å². The van der Waals surface area contributed by atoms with Crippen LogP contribution in [0.4, 0.5) is 0 Å². The van der Waals surface area contributed by atoms with Crippen LogP contribution in [0.25, 0.3) is 0 Å². The maximum atomic E-state index is 14.3. The second-order valence-corrected chi connectivity index (χ2v) is 12.0. The molecule has 5 nitrogen and oxygen atoms in total. The first kappa shape index (κ1) is 27.1. The Morgan fingerprint density at radius 1 is 1.16 bits per heavy atom. The van der Waals surface area contributed by atoms with Gasteiger partial charge < -0.3 is 15.5 Å². The normalized spacial score (nSPS) is 34.4. The van der Waals surface area contributed by atoms with Crippen LogP contribution in [0.2, 0.25) is 0 Å². The summed E-state index contributed by atoms with van der Waals surface area (Å²) in [5, 5.41) is 23.5. The van der Waals surface area contributed by atoms with E-state index >= 15 is 0 Å². The SMILES string of the molecule is C/C=C(C)/C=C(\C)[C@@H]1C(C)=C[C@]2(C)C[C@H](C)CC[C@H]2[C@@H]1C(=O)C1=C[C@@](O)(Cc2ccc(O)cc2)NC1=O. The third kappa shape index (κ3) is 5.38. The largest absolute Gasteiger partial charge is 0.508 e. The van der Waals surface area contributed by atoms with E-state index in [1.165, 1.54) is 11.6 Å². The van der Waals surface area contributed by atoms with Crippen molar-refractivity contribution in [2.75, 3.05) is 0 Å². The lowest BCUT2D eigenvalue weighted by molar-refractivity contribution is -0.129. The Morgan fingerprint density at radius 3 is 2.49 bits per heavy atom. The summed E-state index contributed by atoms with van der Waals surface area (Å²) in [6.45, 7) is 12.8. The lowest BCUT2D eigenvalue weighted by atomic mass is 9.52. The molecule has 0 unspecified atom stereocenters. The van der Waals surface area contributed by atoms with E-state index in [9.17, 15) is 19.8 Å². The van der Waals surface area contributed by atoms with Crippen LogP contribution in [0.5, 0.6) is 5.75 Å². The van der Waals surface area contributed by atoms with E-state index in [0.717, 1.165) is 36.0 Å². The zero-order valence-corrected chi connectivity index (χ0v) is 23.0. The lowest BCUT2D eigenvalue weighted by Crippen LogP contribution is -2.48. The van der Waals surface area contributed by atoms with Crippen molar-refractivity contribution >= 4 is 11.7 Å². The number of allylic oxidation sites excluding steroid dienone is 6. The maximum Gasteiger partial charge on any atom is 0.257 e. The van der Waals surface area contributed by atoms with Gasteiger partial charge in [0.05, 0.1) is 5.57 Å². The van der Waals surface area contributed by atoms with Gasteiger partial charge in [-0.15, -0.1) is 0 Å². The number of aliphatic hydroxyl groups is 1. The minimum Gasteiger partial charge on any atom is -0.508 e. The molecule has 3 N–H and O–H groups in total. The Balaban J connectivity index is 1.75. The molecule has 0 saturated heterocycles. The number of amides is 1. The number of fused-ring (bicyclic) bond motifs is 1. The predicted octanol–water partition coefficient (Wildman–Crippen LogP) is 5.80. The van der Waals surface area contributed by atoms with Crippen molar-refractivity contribution in [2.24, 2.45) is 29.1 Å². The fourth-order valence-corrected chi connectivity index (χ4v) is 7.18. The molecule has 4 rings (SSSR count). The summed E-state index contributed by atoms with van der Waals surface area (Å²) in [5.41, 5.74) is 2.50. The fourth-order valence-electron chi connectivity index (χ4n) is 7.18. The Hall–Kier alpha value is -2.92. The van der Waals surface area contributed by atoms with Crippen LogP contribution < -0.4 is 5.32 Å². The van der Waals surface area contributed by atoms with Gasteiger partial charge in [0.25, 0.3) is 5.91 Å². The molecule has 6 atom stereocenters. The molecule has 198 valence electrons. The van der Waals surface area contributed by atoms with Gasteiger partial charge in [-0.1, -0.05) is 67.3 Å². The van der Waals surface area contributed by atoms with E-state index in [1.54, 1.807) is 24.3 Å². The van der Waals surface area contributed by atoms with Crippen LogP contribution in [0.15, 0.2) is 70.9 Å². The van der Waals surface area contributed by atoms with Crippen LogP contribution >= 0.6 is 0 Å². The third-order valence-corrected chi connectivity index (χ3v) is 8.78. The summed E-state index contributed by atoms with van der Waals surface area (Å²) in [7, 11) is 0. The molecule has 1 heterocycles. The Bertz CT molecular complexity index is 1200. The highest BCUT2D eigenvalue weighted by molar-refractivity contribution is 6.22. The van der Waals surface area contributed by atoms with Crippen molar-refractivity contribution in [3.63, 3.8) is 0 Å². The zero-order valence-electron chi connectivity index (χ0n) is 23.0. The van der Waals surface area contributed by atoms with Crippen molar-refractivity contribution in [2.45, 2.75) is 73.0 Å². The standard InChI is InChI=1S/C32H41NO4/c1-7-19(2)14-21(4)27-22(5)16-31(6)15-20(3)8-13-26(31)28(27)29(35)25-18-32(37,33-30(25)36)17-23-9-11-24(34)12-10-23/h7,9-12,14,16,18,20,26-28,34,37H,8,13,15,17H2,1-6H3,(H,33,36)/b19-7+,21-14+/t20-,26+,27-,28+,31+,32+/m1/s1. The number of hydrogen-bond donors (Lipinski definition) is 3. The number of hydrogen-bond acceptors (Lipinski definition) is 4. The van der Waals surface area contributed by atoms with E-state index in [4.69, 9.17) is 0 Å². The topological polar surface area (TPSA) is 86.6 Å². The van der Waals surface area contributed by atoms with E-state index in [1.807, 2.05) is 6.92 Å².